The second-order valence-corrected chi connectivity index (χ2v) is 8.08. The molecule has 0 aliphatic carbocycles. The molecule has 1 aromatic rings. The maximum atomic E-state index is 12.4. The number of sulfone groups is 1. The molecule has 1 atom stereocenters. The second kappa shape index (κ2) is 7.94. The highest BCUT2D eigenvalue weighted by molar-refractivity contribution is 7.92. The number of carbonyl (C=O) groups excluding carboxylic acids is 1. The maximum Gasteiger partial charge on any atom is 0.252 e. The van der Waals surface area contributed by atoms with Crippen molar-refractivity contribution in [2.75, 3.05) is 13.1 Å². The van der Waals surface area contributed by atoms with E-state index in [1.165, 1.54) is 6.07 Å². The van der Waals surface area contributed by atoms with Crippen molar-refractivity contribution in [3.05, 3.63) is 29.8 Å². The lowest BCUT2D eigenvalue weighted by Crippen LogP contribution is -2.45. The summed E-state index contributed by atoms with van der Waals surface area (Å²) < 4.78 is 24.7. The molecule has 0 unspecified atom stereocenters. The predicted octanol–water partition coefficient (Wildman–Crippen LogP) is 1.77. The number of piperidine rings is 1. The van der Waals surface area contributed by atoms with Crippen molar-refractivity contribution in [1.29, 1.82) is 0 Å². The summed E-state index contributed by atoms with van der Waals surface area (Å²) in [6, 6.07) is 6.47. The lowest BCUT2D eigenvalue weighted by Gasteiger charge is -2.24. The fourth-order valence-electron chi connectivity index (χ4n) is 2.39. The van der Waals surface area contributed by atoms with Crippen LogP contribution < -0.4 is 10.6 Å². The van der Waals surface area contributed by atoms with E-state index in [0.717, 1.165) is 25.9 Å². The number of benzene rings is 1. The van der Waals surface area contributed by atoms with Gasteiger partial charge in [0, 0.05) is 12.6 Å². The van der Waals surface area contributed by atoms with E-state index in [0.29, 0.717) is 0 Å². The topological polar surface area (TPSA) is 75.3 Å². The molecule has 5 nitrogen and oxygen atoms in total. The van der Waals surface area contributed by atoms with Crippen LogP contribution in [0.25, 0.3) is 0 Å². The molecule has 0 spiro atoms. The fourth-order valence-corrected chi connectivity index (χ4v) is 3.64. The average Bonchev–Trinajstić information content (AvgIpc) is 2.48. The molecule has 1 fully saturated rings. The molecule has 1 saturated heterocycles. The molecule has 0 aromatic heterocycles. The van der Waals surface area contributed by atoms with E-state index < -0.39 is 15.1 Å². The van der Waals surface area contributed by atoms with Crippen molar-refractivity contribution in [3.63, 3.8) is 0 Å². The predicted molar refractivity (Wildman–Crippen MR) is 89.4 cm³/mol. The van der Waals surface area contributed by atoms with Gasteiger partial charge in [0.25, 0.3) is 5.91 Å². The van der Waals surface area contributed by atoms with Crippen molar-refractivity contribution in [3.8, 4) is 0 Å². The lowest BCUT2D eigenvalue weighted by molar-refractivity contribution is 0.0927. The molecule has 2 rings (SSSR count). The molecule has 22 heavy (non-hydrogen) atoms. The van der Waals surface area contributed by atoms with Crippen LogP contribution >= 0.6 is 12.4 Å². The Kier molecular flexibility index (Phi) is 6.84. The Bertz CT molecular complexity index is 611. The maximum absolute atomic E-state index is 12.4. The van der Waals surface area contributed by atoms with Crippen LogP contribution in [0, 0.1) is 0 Å². The molecular formula is C15H23ClN2O3S. The average molecular weight is 347 g/mol. The van der Waals surface area contributed by atoms with Crippen LogP contribution in [-0.2, 0) is 9.84 Å². The van der Waals surface area contributed by atoms with Crippen LogP contribution in [-0.4, -0.2) is 38.7 Å². The zero-order valence-corrected chi connectivity index (χ0v) is 14.5. The van der Waals surface area contributed by atoms with Gasteiger partial charge in [-0.25, -0.2) is 8.42 Å². The Labute approximate surface area is 138 Å². The Morgan fingerprint density at radius 2 is 2.00 bits per heavy atom. The zero-order valence-electron chi connectivity index (χ0n) is 12.8. The number of amides is 1. The van der Waals surface area contributed by atoms with Gasteiger partial charge in [-0.3, -0.25) is 4.79 Å². The summed E-state index contributed by atoms with van der Waals surface area (Å²) in [5, 5.41) is 5.59. The molecule has 1 aromatic carbocycles. The minimum absolute atomic E-state index is 0. The van der Waals surface area contributed by atoms with Gasteiger partial charge in [0.1, 0.15) is 0 Å². The van der Waals surface area contributed by atoms with Crippen LogP contribution in [0.15, 0.2) is 29.2 Å². The third-order valence-corrected chi connectivity index (χ3v) is 5.90. The summed E-state index contributed by atoms with van der Waals surface area (Å²) in [5.41, 5.74) is 0.233. The van der Waals surface area contributed by atoms with E-state index in [9.17, 15) is 13.2 Å². The zero-order chi connectivity index (χ0) is 15.5. The van der Waals surface area contributed by atoms with Crippen molar-refractivity contribution < 1.29 is 13.2 Å². The van der Waals surface area contributed by atoms with Gasteiger partial charge in [-0.1, -0.05) is 12.1 Å². The first-order valence-corrected chi connectivity index (χ1v) is 8.82. The van der Waals surface area contributed by atoms with Crippen molar-refractivity contribution in [2.45, 2.75) is 42.9 Å². The van der Waals surface area contributed by atoms with E-state index in [4.69, 9.17) is 0 Å². The number of hydrogen-bond acceptors (Lipinski definition) is 4. The van der Waals surface area contributed by atoms with Gasteiger partial charge in [-0.15, -0.1) is 12.4 Å². The third-order valence-electron chi connectivity index (χ3n) is 3.69. The lowest BCUT2D eigenvalue weighted by atomic mass is 10.1. The summed E-state index contributed by atoms with van der Waals surface area (Å²) in [5.74, 6) is -0.316. The number of carbonyl (C=O) groups is 1. The molecule has 7 heteroatoms. The monoisotopic (exact) mass is 346 g/mol. The Morgan fingerprint density at radius 1 is 1.32 bits per heavy atom. The van der Waals surface area contributed by atoms with E-state index in [1.54, 1.807) is 32.0 Å². The molecule has 1 heterocycles. The van der Waals surface area contributed by atoms with Gasteiger partial charge in [0.2, 0.25) is 0 Å². The molecule has 1 amide bonds. The van der Waals surface area contributed by atoms with Crippen LogP contribution in [0.2, 0.25) is 0 Å². The highest BCUT2D eigenvalue weighted by Crippen LogP contribution is 2.20. The Morgan fingerprint density at radius 3 is 2.59 bits per heavy atom. The summed E-state index contributed by atoms with van der Waals surface area (Å²) in [6.45, 7) is 4.93. The number of halogens is 1. The van der Waals surface area contributed by atoms with Crippen molar-refractivity contribution in [1.82, 2.24) is 10.6 Å². The van der Waals surface area contributed by atoms with Gasteiger partial charge >= 0.3 is 0 Å². The minimum Gasteiger partial charge on any atom is -0.348 e. The third kappa shape index (κ3) is 4.21. The SMILES string of the molecule is CC(C)S(=O)(=O)c1ccccc1C(=O)N[C@H]1CCCNC1.Cl. The minimum atomic E-state index is -3.47. The van der Waals surface area contributed by atoms with Crippen molar-refractivity contribution >= 4 is 28.2 Å². The van der Waals surface area contributed by atoms with Crippen molar-refractivity contribution in [2.24, 2.45) is 0 Å². The van der Waals surface area contributed by atoms with Crippen LogP contribution in [0.5, 0.6) is 0 Å². The first-order chi connectivity index (χ1) is 9.93. The standard InChI is InChI=1S/C15H22N2O3S.ClH/c1-11(2)21(19,20)14-8-4-3-7-13(14)15(18)17-12-6-5-9-16-10-12;/h3-4,7-8,11-12,16H,5-6,9-10H2,1-2H3,(H,17,18);1H/t12-;/m0./s1. The van der Waals surface area contributed by atoms with Gasteiger partial charge in [-0.2, -0.15) is 0 Å². The highest BCUT2D eigenvalue weighted by Gasteiger charge is 2.26. The largest absolute Gasteiger partial charge is 0.348 e. The van der Waals surface area contributed by atoms with Gasteiger partial charge in [0.05, 0.1) is 15.7 Å². The normalized spacial score (nSPS) is 18.6. The number of rotatable bonds is 4. The summed E-state index contributed by atoms with van der Waals surface area (Å²) in [6.07, 6.45) is 1.93. The van der Waals surface area contributed by atoms with E-state index in [-0.39, 0.29) is 34.8 Å². The van der Waals surface area contributed by atoms with Gasteiger partial charge < -0.3 is 10.6 Å². The first kappa shape index (κ1) is 18.9. The highest BCUT2D eigenvalue weighted by atomic mass is 35.5. The summed E-state index contributed by atoms with van der Waals surface area (Å²) in [7, 11) is -3.47. The first-order valence-electron chi connectivity index (χ1n) is 7.27. The van der Waals surface area contributed by atoms with Crippen LogP contribution in [0.1, 0.15) is 37.0 Å². The van der Waals surface area contributed by atoms with E-state index in [2.05, 4.69) is 10.6 Å². The molecule has 1 aliphatic rings. The van der Waals surface area contributed by atoms with Crippen LogP contribution in [0.4, 0.5) is 0 Å². The van der Waals surface area contributed by atoms with Crippen LogP contribution in [0.3, 0.4) is 0 Å². The van der Waals surface area contributed by atoms with E-state index in [1.807, 2.05) is 0 Å². The molecule has 0 bridgehead atoms. The molecule has 0 radical (unpaired) electrons. The van der Waals surface area contributed by atoms with Gasteiger partial charge in [-0.05, 0) is 45.4 Å². The number of hydrogen-bond donors (Lipinski definition) is 2. The fraction of sp³-hybridized carbons (Fsp3) is 0.533. The molecule has 124 valence electrons. The summed E-state index contributed by atoms with van der Waals surface area (Å²) in [4.78, 5) is 12.5. The summed E-state index contributed by atoms with van der Waals surface area (Å²) >= 11 is 0. The Balaban J connectivity index is 0.00000242. The quantitative estimate of drug-likeness (QED) is 0.871. The second-order valence-electron chi connectivity index (χ2n) is 5.61. The molecule has 0 saturated carbocycles. The smallest absolute Gasteiger partial charge is 0.252 e. The number of nitrogens with one attached hydrogen (secondary N) is 2. The van der Waals surface area contributed by atoms with Gasteiger partial charge in [0.15, 0.2) is 9.84 Å². The molecular weight excluding hydrogens is 324 g/mol. The van der Waals surface area contributed by atoms with E-state index >= 15 is 0 Å². The molecule has 2 N–H and O–H groups in total. The molecule has 1 aliphatic heterocycles. The Hall–Kier alpha value is -1.11.